The average molecular weight is 496 g/mol. The molecule has 0 fully saturated rings. The lowest BCUT2D eigenvalue weighted by atomic mass is 9.99. The number of halogens is 8. The van der Waals surface area contributed by atoms with Gasteiger partial charge in [-0.1, -0.05) is 37.6 Å². The monoisotopic (exact) mass is 496 g/mol. The summed E-state index contributed by atoms with van der Waals surface area (Å²) < 4.78 is 118. The molecule has 0 amide bonds. The van der Waals surface area contributed by atoms with E-state index in [1.807, 2.05) is 0 Å². The number of fused-ring (bicyclic) bond motifs is 1. The van der Waals surface area contributed by atoms with Gasteiger partial charge in [-0.15, -0.1) is 0 Å². The number of aryl methyl sites for hydroxylation is 1. The van der Waals surface area contributed by atoms with Gasteiger partial charge in [-0.25, -0.2) is 26.3 Å². The molecule has 182 valence electrons. The summed E-state index contributed by atoms with van der Waals surface area (Å²) in [5, 5.41) is -0.994. The third-order valence-corrected chi connectivity index (χ3v) is 5.45. The van der Waals surface area contributed by atoms with Gasteiger partial charge in [-0.05, 0) is 58.8 Å². The molecule has 0 aromatic heterocycles. The number of rotatable bonds is 6. The highest BCUT2D eigenvalue weighted by atomic mass is 19.3. The minimum absolute atomic E-state index is 0.0631. The van der Waals surface area contributed by atoms with Crippen molar-refractivity contribution < 1.29 is 39.9 Å². The summed E-state index contributed by atoms with van der Waals surface area (Å²) >= 11 is 0. The van der Waals surface area contributed by atoms with Crippen LogP contribution >= 0.6 is 0 Å². The molecule has 0 saturated heterocycles. The fourth-order valence-corrected chi connectivity index (χ4v) is 3.74. The Labute approximate surface area is 194 Å². The van der Waals surface area contributed by atoms with Gasteiger partial charge in [0.1, 0.15) is 17.1 Å². The lowest BCUT2D eigenvalue weighted by Crippen LogP contribution is -2.24. The summed E-state index contributed by atoms with van der Waals surface area (Å²) in [5.41, 5.74) is -1.21. The first-order valence-corrected chi connectivity index (χ1v) is 10.4. The second-order valence-electron chi connectivity index (χ2n) is 7.84. The highest BCUT2D eigenvalue weighted by molar-refractivity contribution is 5.85. The minimum atomic E-state index is -4.35. The van der Waals surface area contributed by atoms with Crippen LogP contribution in [0, 0.1) is 34.9 Å². The molecule has 35 heavy (non-hydrogen) atoms. The van der Waals surface area contributed by atoms with Crippen molar-refractivity contribution in [2.75, 3.05) is 0 Å². The molecule has 0 spiro atoms. The molecule has 1 nitrogen and oxygen atoms in total. The molecule has 0 saturated carbocycles. The Bertz CT molecular complexity index is 1390. The molecule has 0 N–H and O–H groups in total. The van der Waals surface area contributed by atoms with Crippen molar-refractivity contribution in [2.24, 2.45) is 0 Å². The molecule has 0 aliphatic heterocycles. The molecule has 0 bridgehead atoms. The van der Waals surface area contributed by atoms with Crippen LogP contribution in [0.25, 0.3) is 21.9 Å². The number of hydrogen-bond donors (Lipinski definition) is 0. The van der Waals surface area contributed by atoms with Gasteiger partial charge < -0.3 is 4.74 Å². The first-order chi connectivity index (χ1) is 16.5. The molecule has 4 aromatic carbocycles. The van der Waals surface area contributed by atoms with Crippen LogP contribution in [0.15, 0.2) is 54.6 Å². The first-order valence-electron chi connectivity index (χ1n) is 10.4. The van der Waals surface area contributed by atoms with Gasteiger partial charge in [0, 0.05) is 0 Å². The van der Waals surface area contributed by atoms with E-state index in [2.05, 4.69) is 4.74 Å². The maximum absolute atomic E-state index is 14.8. The second kappa shape index (κ2) is 9.20. The fourth-order valence-electron chi connectivity index (χ4n) is 3.74. The predicted octanol–water partition coefficient (Wildman–Crippen LogP) is 8.42. The minimum Gasteiger partial charge on any atom is -0.429 e. The Morgan fingerprint density at radius 1 is 0.686 bits per heavy atom. The van der Waals surface area contributed by atoms with Crippen LogP contribution in [0.2, 0.25) is 0 Å². The SMILES string of the molecule is CCCc1ccc2cc(C(F)(F)Oc3ccc(-c4cc(F)c(F)c(F)c4)cc3)c(F)c(F)c2c1F. The molecule has 0 heterocycles. The summed E-state index contributed by atoms with van der Waals surface area (Å²) in [7, 11) is 0. The number of ether oxygens (including phenoxy) is 1. The Kier molecular flexibility index (Phi) is 6.44. The number of alkyl halides is 2. The molecular formula is C26H16F8O. The van der Waals surface area contributed by atoms with E-state index in [1.165, 1.54) is 24.3 Å². The van der Waals surface area contributed by atoms with Crippen LogP contribution < -0.4 is 4.74 Å². The maximum atomic E-state index is 14.8. The van der Waals surface area contributed by atoms with Gasteiger partial charge >= 0.3 is 6.11 Å². The van der Waals surface area contributed by atoms with E-state index in [1.54, 1.807) is 6.92 Å². The fraction of sp³-hybridized carbons (Fsp3) is 0.154. The van der Waals surface area contributed by atoms with Gasteiger partial charge in [0.25, 0.3) is 0 Å². The Morgan fingerprint density at radius 3 is 1.91 bits per heavy atom. The molecule has 0 radical (unpaired) electrons. The third kappa shape index (κ3) is 4.54. The normalized spacial score (nSPS) is 11.8. The van der Waals surface area contributed by atoms with Crippen molar-refractivity contribution >= 4 is 10.8 Å². The van der Waals surface area contributed by atoms with Crippen molar-refractivity contribution in [3.63, 3.8) is 0 Å². The molecule has 9 heteroatoms. The van der Waals surface area contributed by atoms with E-state index in [4.69, 9.17) is 0 Å². The van der Waals surface area contributed by atoms with E-state index >= 15 is 0 Å². The van der Waals surface area contributed by atoms with Crippen molar-refractivity contribution in [2.45, 2.75) is 25.9 Å². The summed E-state index contributed by atoms with van der Waals surface area (Å²) in [6, 6.07) is 8.96. The largest absolute Gasteiger partial charge is 0.429 e. The molecular weight excluding hydrogens is 480 g/mol. The van der Waals surface area contributed by atoms with E-state index in [9.17, 15) is 35.1 Å². The molecule has 4 rings (SSSR count). The second-order valence-corrected chi connectivity index (χ2v) is 7.84. The van der Waals surface area contributed by atoms with Crippen LogP contribution in [0.5, 0.6) is 5.75 Å². The summed E-state index contributed by atoms with van der Waals surface area (Å²) in [6.45, 7) is 1.77. The maximum Gasteiger partial charge on any atom is 0.429 e. The van der Waals surface area contributed by atoms with E-state index in [-0.39, 0.29) is 28.5 Å². The van der Waals surface area contributed by atoms with Crippen LogP contribution in [-0.4, -0.2) is 0 Å². The van der Waals surface area contributed by atoms with Crippen molar-refractivity contribution in [3.05, 3.63) is 101 Å². The van der Waals surface area contributed by atoms with Crippen molar-refractivity contribution in [1.82, 2.24) is 0 Å². The Balaban J connectivity index is 1.67. The third-order valence-electron chi connectivity index (χ3n) is 5.45. The highest BCUT2D eigenvalue weighted by Gasteiger charge is 2.40. The van der Waals surface area contributed by atoms with Crippen molar-refractivity contribution in [1.29, 1.82) is 0 Å². The van der Waals surface area contributed by atoms with Gasteiger partial charge in [0.2, 0.25) is 0 Å². The van der Waals surface area contributed by atoms with Crippen LogP contribution in [0.1, 0.15) is 24.5 Å². The lowest BCUT2D eigenvalue weighted by Gasteiger charge is -2.20. The van der Waals surface area contributed by atoms with Crippen LogP contribution in [0.4, 0.5) is 35.1 Å². The lowest BCUT2D eigenvalue weighted by molar-refractivity contribution is -0.187. The van der Waals surface area contributed by atoms with Gasteiger partial charge in [0.15, 0.2) is 29.1 Å². The highest BCUT2D eigenvalue weighted by Crippen LogP contribution is 2.38. The standard InChI is InChI=1S/C26H16F8O/c1-2-3-14-4-5-15-10-18(23(30)25(32)21(15)22(14)29)26(33,34)35-17-8-6-13(7-9-17)16-11-19(27)24(31)20(28)12-16/h4-12H,2-3H2,1H3. The predicted molar refractivity (Wildman–Crippen MR) is 114 cm³/mol. The van der Waals surface area contributed by atoms with Crippen LogP contribution in [0.3, 0.4) is 0 Å². The first kappa shape index (κ1) is 24.5. The van der Waals surface area contributed by atoms with Gasteiger partial charge in [-0.3, -0.25) is 0 Å². The van der Waals surface area contributed by atoms with Crippen LogP contribution in [-0.2, 0) is 12.5 Å². The molecule has 0 aliphatic carbocycles. The molecule has 4 aromatic rings. The van der Waals surface area contributed by atoms with E-state index in [0.717, 1.165) is 24.3 Å². The summed E-state index contributed by atoms with van der Waals surface area (Å²) in [4.78, 5) is 0. The molecule has 0 unspecified atom stereocenters. The quantitative estimate of drug-likeness (QED) is 0.192. The number of hydrogen-bond acceptors (Lipinski definition) is 1. The summed E-state index contributed by atoms with van der Waals surface area (Å²) in [6.07, 6.45) is -3.55. The zero-order valence-corrected chi connectivity index (χ0v) is 18.0. The Morgan fingerprint density at radius 2 is 1.31 bits per heavy atom. The van der Waals surface area contributed by atoms with E-state index in [0.29, 0.717) is 12.5 Å². The average Bonchev–Trinajstić information content (AvgIpc) is 2.81. The summed E-state index contributed by atoms with van der Waals surface area (Å²) in [5.74, 6) is -9.72. The van der Waals surface area contributed by atoms with Gasteiger partial charge in [-0.2, -0.15) is 8.78 Å². The molecule has 0 atom stereocenters. The number of benzene rings is 4. The smallest absolute Gasteiger partial charge is 0.429 e. The van der Waals surface area contributed by atoms with Crippen molar-refractivity contribution in [3.8, 4) is 16.9 Å². The van der Waals surface area contributed by atoms with E-state index < -0.39 is 57.7 Å². The topological polar surface area (TPSA) is 9.23 Å². The zero-order chi connectivity index (χ0) is 25.5. The molecule has 0 aliphatic rings. The Hall–Kier alpha value is -3.62. The van der Waals surface area contributed by atoms with Gasteiger partial charge in [0.05, 0.1) is 5.39 Å². The zero-order valence-electron chi connectivity index (χ0n) is 18.0.